The van der Waals surface area contributed by atoms with Gasteiger partial charge in [-0.15, -0.1) is 0 Å². The predicted molar refractivity (Wildman–Crippen MR) is 61.7 cm³/mol. The standard InChI is InChI=1S/C11H17BrN2/c1-10-4-7-13-14(10)9-11(8-12)5-2-3-6-11/h4,7H,2-3,5-6,8-9H2,1H3. The first-order chi connectivity index (χ1) is 6.76. The molecule has 1 aromatic heterocycles. The SMILES string of the molecule is Cc1ccnn1CC1(CBr)CCCC1. The van der Waals surface area contributed by atoms with Gasteiger partial charge in [0.2, 0.25) is 0 Å². The van der Waals surface area contributed by atoms with E-state index in [4.69, 9.17) is 0 Å². The largest absolute Gasteiger partial charge is 0.269 e. The highest BCUT2D eigenvalue weighted by atomic mass is 79.9. The Bertz CT molecular complexity index is 300. The van der Waals surface area contributed by atoms with Gasteiger partial charge in [-0.2, -0.15) is 5.10 Å². The van der Waals surface area contributed by atoms with Gasteiger partial charge in [0.05, 0.1) is 0 Å². The molecule has 2 rings (SSSR count). The topological polar surface area (TPSA) is 17.8 Å². The van der Waals surface area contributed by atoms with Crippen molar-refractivity contribution >= 4 is 15.9 Å². The van der Waals surface area contributed by atoms with Gasteiger partial charge in [-0.05, 0) is 31.2 Å². The molecule has 1 aliphatic carbocycles. The van der Waals surface area contributed by atoms with Crippen LogP contribution in [0.4, 0.5) is 0 Å². The molecule has 0 aliphatic heterocycles. The molecule has 0 N–H and O–H groups in total. The average molecular weight is 257 g/mol. The van der Waals surface area contributed by atoms with E-state index in [1.165, 1.54) is 31.4 Å². The van der Waals surface area contributed by atoms with Gasteiger partial charge >= 0.3 is 0 Å². The summed E-state index contributed by atoms with van der Waals surface area (Å²) in [6.45, 7) is 3.21. The third-order valence-corrected chi connectivity index (χ3v) is 4.55. The van der Waals surface area contributed by atoms with Crippen molar-refractivity contribution in [3.8, 4) is 0 Å². The van der Waals surface area contributed by atoms with Crippen molar-refractivity contribution in [2.75, 3.05) is 5.33 Å². The van der Waals surface area contributed by atoms with Crippen molar-refractivity contribution in [3.63, 3.8) is 0 Å². The number of aromatic nitrogens is 2. The van der Waals surface area contributed by atoms with Crippen molar-refractivity contribution in [3.05, 3.63) is 18.0 Å². The number of rotatable bonds is 3. The maximum Gasteiger partial charge on any atom is 0.0492 e. The number of nitrogens with zero attached hydrogens (tertiary/aromatic N) is 2. The molecule has 78 valence electrons. The summed E-state index contributed by atoms with van der Waals surface area (Å²) in [5, 5.41) is 5.48. The molecule has 0 atom stereocenters. The second-order valence-corrected chi connectivity index (χ2v) is 5.03. The third-order valence-electron chi connectivity index (χ3n) is 3.36. The highest BCUT2D eigenvalue weighted by molar-refractivity contribution is 9.09. The molecule has 1 fully saturated rings. The highest BCUT2D eigenvalue weighted by Gasteiger charge is 2.33. The molecule has 0 bridgehead atoms. The quantitative estimate of drug-likeness (QED) is 0.760. The summed E-state index contributed by atoms with van der Waals surface area (Å²) >= 11 is 3.66. The van der Waals surface area contributed by atoms with E-state index in [9.17, 15) is 0 Å². The Morgan fingerprint density at radius 2 is 2.21 bits per heavy atom. The van der Waals surface area contributed by atoms with Gasteiger partial charge in [-0.1, -0.05) is 28.8 Å². The number of hydrogen-bond acceptors (Lipinski definition) is 1. The molecular formula is C11H17BrN2. The molecule has 1 heterocycles. The Hall–Kier alpha value is -0.310. The van der Waals surface area contributed by atoms with E-state index in [1.807, 2.05) is 6.20 Å². The molecule has 1 saturated carbocycles. The molecule has 2 nitrogen and oxygen atoms in total. The van der Waals surface area contributed by atoms with E-state index in [1.54, 1.807) is 0 Å². The van der Waals surface area contributed by atoms with Crippen molar-refractivity contribution in [2.24, 2.45) is 5.41 Å². The first-order valence-corrected chi connectivity index (χ1v) is 6.42. The van der Waals surface area contributed by atoms with Gasteiger partial charge < -0.3 is 0 Å². The Labute approximate surface area is 93.8 Å². The number of aryl methyl sites for hydroxylation is 1. The van der Waals surface area contributed by atoms with Crippen LogP contribution in [0.15, 0.2) is 12.3 Å². The monoisotopic (exact) mass is 256 g/mol. The second-order valence-electron chi connectivity index (χ2n) is 4.47. The molecule has 14 heavy (non-hydrogen) atoms. The molecule has 0 unspecified atom stereocenters. The molecule has 0 aromatic carbocycles. The lowest BCUT2D eigenvalue weighted by molar-refractivity contribution is 0.275. The smallest absolute Gasteiger partial charge is 0.0492 e. The zero-order chi connectivity index (χ0) is 10.0. The van der Waals surface area contributed by atoms with Crippen LogP contribution in [0.25, 0.3) is 0 Å². The van der Waals surface area contributed by atoms with E-state index >= 15 is 0 Å². The molecule has 3 heteroatoms. The van der Waals surface area contributed by atoms with E-state index in [2.05, 4.69) is 38.7 Å². The van der Waals surface area contributed by atoms with Crippen molar-refractivity contribution in [1.29, 1.82) is 0 Å². The summed E-state index contributed by atoms with van der Waals surface area (Å²) in [6, 6.07) is 2.08. The van der Waals surface area contributed by atoms with Crippen LogP contribution < -0.4 is 0 Å². The second kappa shape index (κ2) is 4.05. The molecule has 0 spiro atoms. The molecule has 1 aromatic rings. The lowest BCUT2D eigenvalue weighted by Crippen LogP contribution is -2.26. The predicted octanol–water partition coefficient (Wildman–Crippen LogP) is 3.15. The summed E-state index contributed by atoms with van der Waals surface area (Å²) in [4.78, 5) is 0. The first-order valence-electron chi connectivity index (χ1n) is 5.30. The average Bonchev–Trinajstić information content (AvgIpc) is 2.79. The normalized spacial score (nSPS) is 20.1. The maximum atomic E-state index is 4.37. The minimum atomic E-state index is 0.469. The van der Waals surface area contributed by atoms with Crippen molar-refractivity contribution in [2.45, 2.75) is 39.2 Å². The number of halogens is 1. The fourth-order valence-corrected chi connectivity index (χ4v) is 3.08. The highest BCUT2D eigenvalue weighted by Crippen LogP contribution is 2.40. The number of hydrogen-bond donors (Lipinski definition) is 0. The third kappa shape index (κ3) is 1.88. The van der Waals surface area contributed by atoms with Gasteiger partial charge in [-0.25, -0.2) is 0 Å². The fraction of sp³-hybridized carbons (Fsp3) is 0.727. The molecule has 0 radical (unpaired) electrons. The summed E-state index contributed by atoms with van der Waals surface area (Å²) in [5.41, 5.74) is 1.74. The Morgan fingerprint density at radius 1 is 1.50 bits per heavy atom. The Morgan fingerprint density at radius 3 is 2.71 bits per heavy atom. The van der Waals surface area contributed by atoms with Crippen LogP contribution >= 0.6 is 15.9 Å². The Balaban J connectivity index is 2.12. The maximum absolute atomic E-state index is 4.37. The van der Waals surface area contributed by atoms with Gasteiger partial charge in [0, 0.05) is 23.8 Å². The molecule has 1 aliphatic rings. The van der Waals surface area contributed by atoms with E-state index in [0.717, 1.165) is 11.9 Å². The van der Waals surface area contributed by atoms with E-state index < -0.39 is 0 Å². The van der Waals surface area contributed by atoms with E-state index in [0.29, 0.717) is 5.41 Å². The zero-order valence-corrected chi connectivity index (χ0v) is 10.3. The summed E-state index contributed by atoms with van der Waals surface area (Å²) in [6.07, 6.45) is 7.35. The summed E-state index contributed by atoms with van der Waals surface area (Å²) in [7, 11) is 0. The van der Waals surface area contributed by atoms with Crippen LogP contribution in [-0.2, 0) is 6.54 Å². The minimum Gasteiger partial charge on any atom is -0.269 e. The summed E-state index contributed by atoms with van der Waals surface area (Å²) < 4.78 is 2.15. The van der Waals surface area contributed by atoms with Crippen LogP contribution in [0.5, 0.6) is 0 Å². The lowest BCUT2D eigenvalue weighted by atomic mass is 9.89. The van der Waals surface area contributed by atoms with Gasteiger partial charge in [0.25, 0.3) is 0 Å². The van der Waals surface area contributed by atoms with Gasteiger partial charge in [-0.3, -0.25) is 4.68 Å². The molecule has 0 amide bonds. The van der Waals surface area contributed by atoms with Crippen LogP contribution in [0, 0.1) is 12.3 Å². The van der Waals surface area contributed by atoms with Crippen molar-refractivity contribution < 1.29 is 0 Å². The Kier molecular flexibility index (Phi) is 2.96. The van der Waals surface area contributed by atoms with Crippen molar-refractivity contribution in [1.82, 2.24) is 9.78 Å². The van der Waals surface area contributed by atoms with Gasteiger partial charge in [0.1, 0.15) is 0 Å². The number of alkyl halides is 1. The van der Waals surface area contributed by atoms with Crippen LogP contribution in [0.2, 0.25) is 0 Å². The van der Waals surface area contributed by atoms with Crippen LogP contribution in [0.3, 0.4) is 0 Å². The molecule has 0 saturated heterocycles. The molecular weight excluding hydrogens is 240 g/mol. The van der Waals surface area contributed by atoms with Crippen LogP contribution in [0.1, 0.15) is 31.4 Å². The zero-order valence-electron chi connectivity index (χ0n) is 8.67. The summed E-state index contributed by atoms with van der Waals surface area (Å²) in [5.74, 6) is 0. The minimum absolute atomic E-state index is 0.469. The van der Waals surface area contributed by atoms with E-state index in [-0.39, 0.29) is 0 Å². The first kappa shape index (κ1) is 10.2. The van der Waals surface area contributed by atoms with Crippen LogP contribution in [-0.4, -0.2) is 15.1 Å². The fourth-order valence-electron chi connectivity index (χ4n) is 2.34. The van der Waals surface area contributed by atoms with Gasteiger partial charge in [0.15, 0.2) is 0 Å². The lowest BCUT2D eigenvalue weighted by Gasteiger charge is -2.26.